The fraction of sp³-hybridized carbons (Fsp3) is 0.222. The van der Waals surface area contributed by atoms with Gasteiger partial charge in [0.2, 0.25) is 0 Å². The van der Waals surface area contributed by atoms with E-state index in [0.717, 1.165) is 5.56 Å². The highest BCUT2D eigenvalue weighted by atomic mass is 32.2. The van der Waals surface area contributed by atoms with Gasteiger partial charge < -0.3 is 0 Å². The second-order valence-electron chi connectivity index (χ2n) is 2.63. The van der Waals surface area contributed by atoms with Crippen LogP contribution in [-0.4, -0.2) is 14.7 Å². The molecule has 0 aliphatic heterocycles. The van der Waals surface area contributed by atoms with Crippen molar-refractivity contribution >= 4 is 9.84 Å². The first-order chi connectivity index (χ1) is 5.54. The Morgan fingerprint density at radius 1 is 1.17 bits per heavy atom. The molecule has 0 aliphatic carbocycles. The van der Waals surface area contributed by atoms with Crippen molar-refractivity contribution in [2.75, 3.05) is 6.26 Å². The van der Waals surface area contributed by atoms with Crippen LogP contribution in [-0.2, 0) is 9.84 Å². The highest BCUT2D eigenvalue weighted by Crippen LogP contribution is 2.10. The molecular weight excluding hydrogens is 172 g/mol. The monoisotopic (exact) mass is 183 g/mol. The summed E-state index contributed by atoms with van der Waals surface area (Å²) >= 11 is 0. The van der Waals surface area contributed by atoms with Crippen LogP contribution in [0.3, 0.4) is 0 Å². The summed E-state index contributed by atoms with van der Waals surface area (Å²) in [4.78, 5) is 0.369. The van der Waals surface area contributed by atoms with E-state index in [9.17, 15) is 8.42 Å². The molecule has 0 aliphatic rings. The first kappa shape index (κ1) is 9.26. The van der Waals surface area contributed by atoms with Gasteiger partial charge in [-0.15, -0.1) is 0 Å². The predicted molar refractivity (Wildman–Crippen MR) is 48.6 cm³/mol. The van der Waals surface area contributed by atoms with Crippen molar-refractivity contribution in [3.8, 4) is 0 Å². The van der Waals surface area contributed by atoms with Crippen LogP contribution in [0.15, 0.2) is 29.2 Å². The van der Waals surface area contributed by atoms with Crippen LogP contribution in [0.1, 0.15) is 12.5 Å². The van der Waals surface area contributed by atoms with E-state index in [4.69, 9.17) is 0 Å². The molecule has 0 aromatic heterocycles. The fourth-order valence-electron chi connectivity index (χ4n) is 0.907. The fourth-order valence-corrected chi connectivity index (χ4v) is 1.54. The van der Waals surface area contributed by atoms with Gasteiger partial charge in [-0.05, 0) is 24.1 Å². The molecular formula is C9H11O2S. The van der Waals surface area contributed by atoms with Gasteiger partial charge in [0.1, 0.15) is 0 Å². The molecule has 0 spiro atoms. The minimum Gasteiger partial charge on any atom is -0.224 e. The molecule has 1 rings (SSSR count). The number of hydrogen-bond acceptors (Lipinski definition) is 2. The van der Waals surface area contributed by atoms with E-state index in [1.165, 1.54) is 6.26 Å². The average Bonchev–Trinajstić information content (AvgIpc) is 2.03. The predicted octanol–water partition coefficient (Wildman–Crippen LogP) is 1.66. The van der Waals surface area contributed by atoms with Gasteiger partial charge in [-0.1, -0.05) is 19.1 Å². The maximum atomic E-state index is 11.0. The second-order valence-corrected chi connectivity index (χ2v) is 4.65. The van der Waals surface area contributed by atoms with Crippen molar-refractivity contribution < 1.29 is 8.42 Å². The maximum absolute atomic E-state index is 11.0. The third-order valence-electron chi connectivity index (χ3n) is 1.64. The summed E-state index contributed by atoms with van der Waals surface area (Å²) in [6.07, 6.45) is 3.13. The SMILES string of the molecule is C[CH]c1ccc(S(C)(=O)=O)cc1. The van der Waals surface area contributed by atoms with Gasteiger partial charge in [-0.3, -0.25) is 0 Å². The van der Waals surface area contributed by atoms with Crippen LogP contribution in [0.2, 0.25) is 0 Å². The third-order valence-corrected chi connectivity index (χ3v) is 2.77. The van der Waals surface area contributed by atoms with E-state index in [1.807, 2.05) is 13.3 Å². The molecule has 0 atom stereocenters. The van der Waals surface area contributed by atoms with Crippen LogP contribution < -0.4 is 0 Å². The van der Waals surface area contributed by atoms with Gasteiger partial charge in [0, 0.05) is 6.26 Å². The Morgan fingerprint density at radius 3 is 2.00 bits per heavy atom. The van der Waals surface area contributed by atoms with Crippen LogP contribution in [0.4, 0.5) is 0 Å². The minimum absolute atomic E-state index is 0.369. The lowest BCUT2D eigenvalue weighted by Crippen LogP contribution is -1.96. The normalized spacial score (nSPS) is 11.5. The van der Waals surface area contributed by atoms with Crippen LogP contribution in [0.25, 0.3) is 0 Å². The number of rotatable bonds is 2. The van der Waals surface area contributed by atoms with Crippen molar-refractivity contribution in [1.29, 1.82) is 0 Å². The van der Waals surface area contributed by atoms with Gasteiger partial charge in [0.15, 0.2) is 9.84 Å². The van der Waals surface area contributed by atoms with Gasteiger partial charge in [0.25, 0.3) is 0 Å². The van der Waals surface area contributed by atoms with E-state index in [0.29, 0.717) is 4.90 Å². The summed E-state index contributed by atoms with van der Waals surface area (Å²) in [5.41, 5.74) is 1.03. The molecule has 0 unspecified atom stereocenters. The lowest BCUT2D eigenvalue weighted by molar-refractivity contribution is 0.602. The zero-order valence-electron chi connectivity index (χ0n) is 7.11. The molecule has 0 N–H and O–H groups in total. The summed E-state index contributed by atoms with van der Waals surface area (Å²) in [5.74, 6) is 0. The molecule has 1 aromatic carbocycles. The maximum Gasteiger partial charge on any atom is 0.175 e. The minimum atomic E-state index is -3.04. The molecule has 0 fully saturated rings. The molecule has 2 nitrogen and oxygen atoms in total. The Morgan fingerprint density at radius 2 is 1.67 bits per heavy atom. The molecule has 65 valence electrons. The van der Waals surface area contributed by atoms with Crippen molar-refractivity contribution in [1.82, 2.24) is 0 Å². The molecule has 0 saturated heterocycles. The summed E-state index contributed by atoms with van der Waals surface area (Å²) in [6.45, 7) is 1.91. The Hall–Kier alpha value is -0.830. The Balaban J connectivity index is 3.09. The lowest BCUT2D eigenvalue weighted by atomic mass is 10.2. The zero-order valence-corrected chi connectivity index (χ0v) is 7.93. The molecule has 0 heterocycles. The van der Waals surface area contributed by atoms with Crippen LogP contribution in [0, 0.1) is 6.42 Å². The molecule has 12 heavy (non-hydrogen) atoms. The average molecular weight is 183 g/mol. The molecule has 3 heteroatoms. The van der Waals surface area contributed by atoms with Gasteiger partial charge in [-0.25, -0.2) is 8.42 Å². The molecule has 0 bridgehead atoms. The number of sulfone groups is 1. The highest BCUT2D eigenvalue weighted by Gasteiger charge is 2.04. The van der Waals surface area contributed by atoms with Gasteiger partial charge >= 0.3 is 0 Å². The third kappa shape index (κ3) is 2.08. The Labute approximate surface area is 73.2 Å². The summed E-state index contributed by atoms with van der Waals surface area (Å²) in [6, 6.07) is 6.81. The molecule has 0 saturated carbocycles. The molecule has 1 aromatic rings. The molecule has 0 amide bonds. The van der Waals surface area contributed by atoms with Gasteiger partial charge in [-0.2, -0.15) is 0 Å². The topological polar surface area (TPSA) is 34.1 Å². The Kier molecular flexibility index (Phi) is 2.52. The first-order valence-electron chi connectivity index (χ1n) is 3.63. The van der Waals surface area contributed by atoms with E-state index in [-0.39, 0.29) is 0 Å². The standard InChI is InChI=1S/C9H11O2S/c1-3-8-4-6-9(7-5-8)12(2,10)11/h3-7H,1-2H3. The molecule has 1 radical (unpaired) electrons. The zero-order chi connectivity index (χ0) is 9.19. The van der Waals surface area contributed by atoms with E-state index >= 15 is 0 Å². The summed E-state index contributed by atoms with van der Waals surface area (Å²) in [7, 11) is -3.04. The Bertz CT molecular complexity index is 349. The largest absolute Gasteiger partial charge is 0.224 e. The number of benzene rings is 1. The van der Waals surface area contributed by atoms with Crippen LogP contribution >= 0.6 is 0 Å². The van der Waals surface area contributed by atoms with Crippen molar-refractivity contribution in [3.05, 3.63) is 36.2 Å². The lowest BCUT2D eigenvalue weighted by Gasteiger charge is -1.98. The summed E-state index contributed by atoms with van der Waals surface area (Å²) in [5, 5.41) is 0. The first-order valence-corrected chi connectivity index (χ1v) is 5.52. The second kappa shape index (κ2) is 3.27. The van der Waals surface area contributed by atoms with E-state index in [2.05, 4.69) is 0 Å². The van der Waals surface area contributed by atoms with E-state index in [1.54, 1.807) is 24.3 Å². The highest BCUT2D eigenvalue weighted by molar-refractivity contribution is 7.90. The van der Waals surface area contributed by atoms with E-state index < -0.39 is 9.84 Å². The van der Waals surface area contributed by atoms with Crippen molar-refractivity contribution in [2.24, 2.45) is 0 Å². The van der Waals surface area contributed by atoms with Crippen molar-refractivity contribution in [2.45, 2.75) is 11.8 Å². The quantitative estimate of drug-likeness (QED) is 0.698. The number of hydrogen-bond donors (Lipinski definition) is 0. The van der Waals surface area contributed by atoms with Crippen LogP contribution in [0.5, 0.6) is 0 Å². The summed E-state index contributed by atoms with van der Waals surface area (Å²) < 4.78 is 22.0. The smallest absolute Gasteiger partial charge is 0.175 e. The van der Waals surface area contributed by atoms with Gasteiger partial charge in [0.05, 0.1) is 4.90 Å². The van der Waals surface area contributed by atoms with Crippen molar-refractivity contribution in [3.63, 3.8) is 0 Å².